The first-order valence-electron chi connectivity index (χ1n) is 4.86. The van der Waals surface area contributed by atoms with Crippen LogP contribution in [0.5, 0.6) is 0 Å². The second kappa shape index (κ2) is 3.06. The zero-order chi connectivity index (χ0) is 8.66. The van der Waals surface area contributed by atoms with Gasteiger partial charge in [-0.15, -0.1) is 23.2 Å². The van der Waals surface area contributed by atoms with Crippen molar-refractivity contribution in [2.45, 2.75) is 38.5 Å². The van der Waals surface area contributed by atoms with E-state index in [0.717, 1.165) is 11.8 Å². The quantitative estimate of drug-likeness (QED) is 0.604. The highest BCUT2D eigenvalue weighted by atomic mass is 35.5. The van der Waals surface area contributed by atoms with E-state index in [1.54, 1.807) is 0 Å². The minimum atomic E-state index is 0.509. The van der Waals surface area contributed by atoms with Gasteiger partial charge in [0.1, 0.15) is 0 Å². The molecule has 3 rings (SSSR count). The summed E-state index contributed by atoms with van der Waals surface area (Å²) in [4.78, 5) is 0. The Balaban J connectivity index is 2.09. The summed E-state index contributed by atoms with van der Waals surface area (Å²) in [7, 11) is 0. The maximum absolute atomic E-state index is 6.02. The third kappa shape index (κ3) is 1.28. The molecule has 3 saturated carbocycles. The van der Waals surface area contributed by atoms with Gasteiger partial charge in [-0.25, -0.2) is 0 Å². The molecule has 70 valence electrons. The zero-order valence-corrected chi connectivity index (χ0v) is 8.92. The number of hydrogen-bond acceptors (Lipinski definition) is 0. The zero-order valence-electron chi connectivity index (χ0n) is 7.41. The summed E-state index contributed by atoms with van der Waals surface area (Å²) in [6.45, 7) is 0. The molecule has 12 heavy (non-hydrogen) atoms. The van der Waals surface area contributed by atoms with Gasteiger partial charge in [-0.2, -0.15) is 0 Å². The molecule has 0 amide bonds. The van der Waals surface area contributed by atoms with Gasteiger partial charge in [-0.05, 0) is 49.4 Å². The Morgan fingerprint density at radius 3 is 1.08 bits per heavy atom. The molecule has 0 aromatic heterocycles. The van der Waals surface area contributed by atoms with E-state index in [-0.39, 0.29) is 0 Å². The summed E-state index contributed by atoms with van der Waals surface area (Å²) in [6.07, 6.45) is 7.94. The lowest BCUT2D eigenvalue weighted by molar-refractivity contribution is 0.0214. The predicted octanol–water partition coefficient (Wildman–Crippen LogP) is 3.80. The van der Waals surface area contributed by atoms with Crippen molar-refractivity contribution >= 4 is 23.2 Å². The van der Waals surface area contributed by atoms with Crippen LogP contribution in [0, 0.1) is 10.8 Å². The van der Waals surface area contributed by atoms with Gasteiger partial charge in [-0.3, -0.25) is 0 Å². The second-order valence-electron chi connectivity index (χ2n) is 4.77. The van der Waals surface area contributed by atoms with E-state index in [4.69, 9.17) is 23.2 Å². The van der Waals surface area contributed by atoms with Crippen LogP contribution in [0.4, 0.5) is 0 Å². The average Bonchev–Trinajstić information content (AvgIpc) is 2.21. The summed E-state index contributed by atoms with van der Waals surface area (Å²) in [6, 6.07) is 0. The van der Waals surface area contributed by atoms with E-state index in [0.29, 0.717) is 10.8 Å². The monoisotopic (exact) mass is 206 g/mol. The van der Waals surface area contributed by atoms with Gasteiger partial charge in [-0.1, -0.05) is 0 Å². The Hall–Kier alpha value is 0.580. The van der Waals surface area contributed by atoms with Crippen molar-refractivity contribution in [2.24, 2.45) is 10.8 Å². The number of rotatable bonds is 2. The van der Waals surface area contributed by atoms with Crippen LogP contribution >= 0.6 is 23.2 Å². The molecule has 0 aromatic rings. The summed E-state index contributed by atoms with van der Waals surface area (Å²) >= 11 is 12.0. The van der Waals surface area contributed by atoms with Gasteiger partial charge in [0.05, 0.1) is 0 Å². The Morgan fingerprint density at radius 1 is 0.667 bits per heavy atom. The molecule has 3 aliphatic rings. The predicted molar refractivity (Wildman–Crippen MR) is 54.0 cm³/mol. The van der Waals surface area contributed by atoms with Crippen LogP contribution in [-0.2, 0) is 0 Å². The first-order chi connectivity index (χ1) is 5.74. The number of fused-ring (bicyclic) bond motifs is 3. The van der Waals surface area contributed by atoms with Crippen LogP contribution in [0.1, 0.15) is 38.5 Å². The van der Waals surface area contributed by atoms with E-state index < -0.39 is 0 Å². The van der Waals surface area contributed by atoms with E-state index in [2.05, 4.69) is 0 Å². The smallest absolute Gasteiger partial charge is 0.0280 e. The van der Waals surface area contributed by atoms with E-state index in [1.807, 2.05) is 0 Å². The molecule has 3 fully saturated rings. The maximum Gasteiger partial charge on any atom is 0.0280 e. The minimum Gasteiger partial charge on any atom is -0.126 e. The molecular weight excluding hydrogens is 191 g/mol. The third-order valence-corrected chi connectivity index (χ3v) is 5.26. The van der Waals surface area contributed by atoms with Crippen LogP contribution in [0.25, 0.3) is 0 Å². The van der Waals surface area contributed by atoms with Crippen LogP contribution < -0.4 is 0 Å². The van der Waals surface area contributed by atoms with Crippen molar-refractivity contribution in [3.8, 4) is 0 Å². The summed E-state index contributed by atoms with van der Waals surface area (Å²) in [5, 5.41) is 0. The molecule has 0 aromatic carbocycles. The van der Waals surface area contributed by atoms with E-state index in [9.17, 15) is 0 Å². The lowest BCUT2D eigenvalue weighted by Crippen LogP contribution is -2.43. The highest BCUT2D eigenvalue weighted by Crippen LogP contribution is 2.57. The van der Waals surface area contributed by atoms with Gasteiger partial charge in [0.25, 0.3) is 0 Å². The normalized spacial score (nSPS) is 46.5. The Bertz CT molecular complexity index is 132. The molecule has 0 atom stereocenters. The molecule has 0 saturated heterocycles. The number of hydrogen-bond donors (Lipinski definition) is 0. The van der Waals surface area contributed by atoms with Crippen molar-refractivity contribution < 1.29 is 0 Å². The van der Waals surface area contributed by atoms with Crippen LogP contribution in [-0.4, -0.2) is 11.8 Å². The topological polar surface area (TPSA) is 0 Å². The van der Waals surface area contributed by atoms with E-state index in [1.165, 1.54) is 38.5 Å². The Labute approximate surface area is 84.6 Å². The van der Waals surface area contributed by atoms with Crippen molar-refractivity contribution in [1.29, 1.82) is 0 Å². The number of alkyl halides is 2. The van der Waals surface area contributed by atoms with Gasteiger partial charge >= 0.3 is 0 Å². The Kier molecular flexibility index (Phi) is 2.33. The van der Waals surface area contributed by atoms with Crippen molar-refractivity contribution in [1.82, 2.24) is 0 Å². The second-order valence-corrected chi connectivity index (χ2v) is 5.30. The third-order valence-electron chi connectivity index (χ3n) is 4.12. The standard InChI is InChI=1S/C10H16Cl2/c11-7-9-1-2-10(8-12,5-3-9)6-4-9/h1-8H2. The van der Waals surface area contributed by atoms with Crippen molar-refractivity contribution in [2.75, 3.05) is 11.8 Å². The van der Waals surface area contributed by atoms with Gasteiger partial charge in [0.15, 0.2) is 0 Å². The first-order valence-corrected chi connectivity index (χ1v) is 5.93. The maximum atomic E-state index is 6.02. The highest BCUT2D eigenvalue weighted by Gasteiger charge is 2.47. The molecule has 2 heteroatoms. The van der Waals surface area contributed by atoms with Crippen LogP contribution in [0.2, 0.25) is 0 Å². The summed E-state index contributed by atoms with van der Waals surface area (Å²) in [5.41, 5.74) is 1.02. The molecule has 0 spiro atoms. The Morgan fingerprint density at radius 2 is 0.917 bits per heavy atom. The average molecular weight is 207 g/mol. The molecule has 2 bridgehead atoms. The van der Waals surface area contributed by atoms with Gasteiger partial charge in [0.2, 0.25) is 0 Å². The van der Waals surface area contributed by atoms with E-state index >= 15 is 0 Å². The molecule has 0 N–H and O–H groups in total. The SMILES string of the molecule is ClCC12CCC(CCl)(CC1)CC2. The fourth-order valence-corrected chi connectivity index (χ4v) is 3.54. The van der Waals surface area contributed by atoms with Crippen LogP contribution in [0.15, 0.2) is 0 Å². The molecule has 0 unspecified atom stereocenters. The van der Waals surface area contributed by atoms with Crippen molar-refractivity contribution in [3.05, 3.63) is 0 Å². The lowest BCUT2D eigenvalue weighted by Gasteiger charge is -2.52. The highest BCUT2D eigenvalue weighted by molar-refractivity contribution is 6.18. The molecule has 0 nitrogen and oxygen atoms in total. The molecule has 0 aliphatic heterocycles. The molecular formula is C10H16Cl2. The van der Waals surface area contributed by atoms with Crippen LogP contribution in [0.3, 0.4) is 0 Å². The first kappa shape index (κ1) is 9.15. The summed E-state index contributed by atoms with van der Waals surface area (Å²) < 4.78 is 0. The summed E-state index contributed by atoms with van der Waals surface area (Å²) in [5.74, 6) is 1.73. The minimum absolute atomic E-state index is 0.509. The van der Waals surface area contributed by atoms with Gasteiger partial charge < -0.3 is 0 Å². The lowest BCUT2D eigenvalue weighted by atomic mass is 9.55. The van der Waals surface area contributed by atoms with Gasteiger partial charge in [0, 0.05) is 11.8 Å². The van der Waals surface area contributed by atoms with Crippen molar-refractivity contribution in [3.63, 3.8) is 0 Å². The largest absolute Gasteiger partial charge is 0.126 e. The fourth-order valence-electron chi connectivity index (χ4n) is 2.74. The molecule has 0 heterocycles. The molecule has 3 aliphatic carbocycles. The molecule has 0 radical (unpaired) electrons. The fraction of sp³-hybridized carbons (Fsp3) is 1.00. The number of halogens is 2.